The van der Waals surface area contributed by atoms with Crippen LogP contribution in [0.1, 0.15) is 6.42 Å². The number of nitrogens with one attached hydrogen (secondary N) is 1. The van der Waals surface area contributed by atoms with E-state index in [2.05, 4.69) is 10.3 Å². The Labute approximate surface area is 58.8 Å². The van der Waals surface area contributed by atoms with Gasteiger partial charge in [0.05, 0.1) is 6.42 Å². The summed E-state index contributed by atoms with van der Waals surface area (Å²) in [5.74, 6) is -0.325. The molecule has 0 saturated carbocycles. The molecule has 4 heteroatoms. The predicted octanol–water partition coefficient (Wildman–Crippen LogP) is -0.623. The molecule has 0 atom stereocenters. The van der Waals surface area contributed by atoms with E-state index in [9.17, 15) is 4.79 Å². The van der Waals surface area contributed by atoms with Gasteiger partial charge in [-0.1, -0.05) is 0 Å². The van der Waals surface area contributed by atoms with E-state index >= 15 is 0 Å². The fraction of sp³-hybridized carbons (Fsp3) is 0.333. The van der Waals surface area contributed by atoms with Crippen molar-refractivity contribution < 1.29 is 4.79 Å². The monoisotopic (exact) mass is 139 g/mol. The molecule has 0 unspecified atom stereocenters. The summed E-state index contributed by atoms with van der Waals surface area (Å²) in [5, 5.41) is 2.91. The molecule has 1 rings (SSSR count). The third-order valence-electron chi connectivity index (χ3n) is 1.14. The van der Waals surface area contributed by atoms with Crippen molar-refractivity contribution in [3.8, 4) is 0 Å². The first-order valence-electron chi connectivity index (χ1n) is 3.00. The van der Waals surface area contributed by atoms with E-state index in [1.165, 1.54) is 0 Å². The summed E-state index contributed by atoms with van der Waals surface area (Å²) in [6.45, 7) is 0.541. The summed E-state index contributed by atoms with van der Waals surface area (Å²) < 4.78 is 0. The minimum absolute atomic E-state index is 0.270. The lowest BCUT2D eigenvalue weighted by Crippen LogP contribution is -2.22. The SMILES string of the molecule is NC(=O)CC1=CC=NCN1. The van der Waals surface area contributed by atoms with Gasteiger partial charge in [-0.3, -0.25) is 9.79 Å². The van der Waals surface area contributed by atoms with E-state index in [0.717, 1.165) is 5.70 Å². The van der Waals surface area contributed by atoms with Gasteiger partial charge >= 0.3 is 0 Å². The number of amides is 1. The lowest BCUT2D eigenvalue weighted by Gasteiger charge is -2.08. The Bertz CT molecular complexity index is 195. The lowest BCUT2D eigenvalue weighted by atomic mass is 10.3. The molecule has 0 radical (unpaired) electrons. The first kappa shape index (κ1) is 6.80. The van der Waals surface area contributed by atoms with Crippen LogP contribution < -0.4 is 11.1 Å². The molecule has 0 spiro atoms. The highest BCUT2D eigenvalue weighted by Gasteiger charge is 2.01. The van der Waals surface area contributed by atoms with Crippen molar-refractivity contribution in [2.45, 2.75) is 6.42 Å². The van der Waals surface area contributed by atoms with Gasteiger partial charge in [0.1, 0.15) is 6.67 Å². The van der Waals surface area contributed by atoms with Crippen molar-refractivity contribution in [2.75, 3.05) is 6.67 Å². The van der Waals surface area contributed by atoms with Crippen LogP contribution in [-0.2, 0) is 4.79 Å². The molecular formula is C6H9N3O. The molecule has 0 aromatic heterocycles. The molecule has 0 saturated heterocycles. The van der Waals surface area contributed by atoms with Crippen LogP contribution in [-0.4, -0.2) is 18.8 Å². The molecule has 54 valence electrons. The zero-order valence-corrected chi connectivity index (χ0v) is 5.50. The van der Waals surface area contributed by atoms with Crippen LogP contribution >= 0.6 is 0 Å². The fourth-order valence-electron chi connectivity index (χ4n) is 0.711. The molecule has 0 aliphatic carbocycles. The Balaban J connectivity index is 2.47. The Kier molecular flexibility index (Phi) is 2.04. The molecule has 1 aliphatic heterocycles. The first-order valence-corrected chi connectivity index (χ1v) is 3.00. The number of primary amides is 1. The van der Waals surface area contributed by atoms with E-state index < -0.39 is 0 Å². The quantitative estimate of drug-likeness (QED) is 0.535. The number of aliphatic imine (C=N–C) groups is 1. The Hall–Kier alpha value is -1.32. The maximum absolute atomic E-state index is 10.4. The average molecular weight is 139 g/mol. The first-order chi connectivity index (χ1) is 4.79. The van der Waals surface area contributed by atoms with Gasteiger partial charge in [-0.15, -0.1) is 0 Å². The summed E-state index contributed by atoms with van der Waals surface area (Å²) in [6.07, 6.45) is 3.68. The third-order valence-corrected chi connectivity index (χ3v) is 1.14. The second kappa shape index (κ2) is 3.00. The van der Waals surface area contributed by atoms with Crippen molar-refractivity contribution >= 4 is 12.1 Å². The molecule has 10 heavy (non-hydrogen) atoms. The average Bonchev–Trinajstić information content (AvgIpc) is 1.88. The van der Waals surface area contributed by atoms with E-state index in [4.69, 9.17) is 5.73 Å². The smallest absolute Gasteiger partial charge is 0.223 e. The van der Waals surface area contributed by atoms with Gasteiger partial charge < -0.3 is 11.1 Å². The summed E-state index contributed by atoms with van der Waals surface area (Å²) in [6, 6.07) is 0. The molecule has 0 bridgehead atoms. The number of carbonyl (C=O) groups excluding carboxylic acids is 1. The molecule has 1 heterocycles. The number of hydrogen-bond donors (Lipinski definition) is 2. The number of hydrogen-bond acceptors (Lipinski definition) is 3. The molecule has 0 aromatic carbocycles. The summed E-state index contributed by atoms with van der Waals surface area (Å²) in [5.41, 5.74) is 5.79. The van der Waals surface area contributed by atoms with Crippen LogP contribution in [0.4, 0.5) is 0 Å². The van der Waals surface area contributed by atoms with Gasteiger partial charge in [0.15, 0.2) is 0 Å². The number of rotatable bonds is 2. The summed E-state index contributed by atoms with van der Waals surface area (Å²) >= 11 is 0. The number of carbonyl (C=O) groups is 1. The maximum Gasteiger partial charge on any atom is 0.223 e. The van der Waals surface area contributed by atoms with Gasteiger partial charge in [-0.25, -0.2) is 0 Å². The highest BCUT2D eigenvalue weighted by Crippen LogP contribution is 1.96. The predicted molar refractivity (Wildman–Crippen MR) is 38.4 cm³/mol. The van der Waals surface area contributed by atoms with Gasteiger partial charge in [-0.05, 0) is 6.08 Å². The van der Waals surface area contributed by atoms with Crippen LogP contribution in [0, 0.1) is 0 Å². The highest BCUT2D eigenvalue weighted by molar-refractivity contribution is 5.80. The maximum atomic E-state index is 10.4. The van der Waals surface area contributed by atoms with Crippen molar-refractivity contribution in [1.82, 2.24) is 5.32 Å². The van der Waals surface area contributed by atoms with E-state index in [1.54, 1.807) is 12.3 Å². The van der Waals surface area contributed by atoms with Crippen LogP contribution in [0.15, 0.2) is 16.8 Å². The molecule has 0 fully saturated rings. The molecule has 4 nitrogen and oxygen atoms in total. The summed E-state index contributed by atoms with van der Waals surface area (Å²) in [7, 11) is 0. The largest absolute Gasteiger partial charge is 0.369 e. The molecule has 3 N–H and O–H groups in total. The van der Waals surface area contributed by atoms with Crippen molar-refractivity contribution in [3.05, 3.63) is 11.8 Å². The minimum atomic E-state index is -0.325. The third kappa shape index (κ3) is 1.89. The number of allylic oxidation sites excluding steroid dienone is 1. The second-order valence-electron chi connectivity index (χ2n) is 2.00. The van der Waals surface area contributed by atoms with Gasteiger partial charge in [0.25, 0.3) is 0 Å². The zero-order chi connectivity index (χ0) is 7.40. The van der Waals surface area contributed by atoms with Gasteiger partial charge in [-0.2, -0.15) is 0 Å². The minimum Gasteiger partial charge on any atom is -0.369 e. The number of nitrogens with two attached hydrogens (primary N) is 1. The van der Waals surface area contributed by atoms with Gasteiger partial charge in [0, 0.05) is 11.9 Å². The van der Waals surface area contributed by atoms with Crippen LogP contribution in [0.2, 0.25) is 0 Å². The van der Waals surface area contributed by atoms with Gasteiger partial charge in [0.2, 0.25) is 5.91 Å². The highest BCUT2D eigenvalue weighted by atomic mass is 16.1. The second-order valence-corrected chi connectivity index (χ2v) is 2.00. The van der Waals surface area contributed by atoms with E-state index in [0.29, 0.717) is 6.67 Å². The zero-order valence-electron chi connectivity index (χ0n) is 5.50. The summed E-state index contributed by atoms with van der Waals surface area (Å²) in [4.78, 5) is 14.2. The van der Waals surface area contributed by atoms with Crippen LogP contribution in [0.25, 0.3) is 0 Å². The van der Waals surface area contributed by atoms with Crippen molar-refractivity contribution in [2.24, 2.45) is 10.7 Å². The normalized spacial score (nSPS) is 15.8. The van der Waals surface area contributed by atoms with Crippen molar-refractivity contribution in [3.63, 3.8) is 0 Å². The standard InChI is InChI=1S/C6H9N3O/c7-6(10)3-5-1-2-8-4-9-5/h1-2,9H,3-4H2,(H2,7,10). The lowest BCUT2D eigenvalue weighted by molar-refractivity contribution is -0.117. The Morgan fingerprint density at radius 1 is 1.90 bits per heavy atom. The molecule has 1 aliphatic rings. The molecular weight excluding hydrogens is 130 g/mol. The Morgan fingerprint density at radius 3 is 3.20 bits per heavy atom. The van der Waals surface area contributed by atoms with E-state index in [-0.39, 0.29) is 12.3 Å². The van der Waals surface area contributed by atoms with E-state index in [1.807, 2.05) is 0 Å². The topological polar surface area (TPSA) is 67.5 Å². The van der Waals surface area contributed by atoms with Crippen LogP contribution in [0.5, 0.6) is 0 Å². The fourth-order valence-corrected chi connectivity index (χ4v) is 0.711. The number of nitrogens with zero attached hydrogens (tertiary/aromatic N) is 1. The molecule has 0 aromatic rings. The van der Waals surface area contributed by atoms with Crippen molar-refractivity contribution in [1.29, 1.82) is 0 Å². The molecule has 1 amide bonds. The Morgan fingerprint density at radius 2 is 2.70 bits per heavy atom. The van der Waals surface area contributed by atoms with Crippen LogP contribution in [0.3, 0.4) is 0 Å².